The molecule has 1 heterocycles. The number of carbonyl (C=O) groups is 1. The second kappa shape index (κ2) is 6.57. The van der Waals surface area contributed by atoms with Crippen molar-refractivity contribution in [3.05, 3.63) is 29.3 Å². The zero-order valence-electron chi connectivity index (χ0n) is 11.8. The standard InChI is InChI=1S/C15H23N3O/c1-11-9-13(15(19)16-2)3-4-14(11)18-10-12-5-7-17-8-6-12/h3-4,9,12,17-18H,5-8,10H2,1-2H3,(H,16,19). The van der Waals surface area contributed by atoms with Gasteiger partial charge in [0, 0.05) is 24.8 Å². The first-order chi connectivity index (χ1) is 9.20. The summed E-state index contributed by atoms with van der Waals surface area (Å²) in [4.78, 5) is 11.5. The van der Waals surface area contributed by atoms with Gasteiger partial charge in [0.25, 0.3) is 5.91 Å². The lowest BCUT2D eigenvalue weighted by Gasteiger charge is -2.23. The fourth-order valence-electron chi connectivity index (χ4n) is 2.49. The van der Waals surface area contributed by atoms with Gasteiger partial charge in [-0.2, -0.15) is 0 Å². The molecule has 19 heavy (non-hydrogen) atoms. The molecule has 1 aromatic rings. The van der Waals surface area contributed by atoms with Gasteiger partial charge < -0.3 is 16.0 Å². The molecule has 1 amide bonds. The first kappa shape index (κ1) is 13.9. The van der Waals surface area contributed by atoms with Crippen molar-refractivity contribution >= 4 is 11.6 Å². The molecule has 1 saturated heterocycles. The van der Waals surface area contributed by atoms with Crippen LogP contribution in [-0.2, 0) is 0 Å². The largest absolute Gasteiger partial charge is 0.385 e. The summed E-state index contributed by atoms with van der Waals surface area (Å²) in [6, 6.07) is 5.81. The number of carbonyl (C=O) groups excluding carboxylic acids is 1. The van der Waals surface area contributed by atoms with Gasteiger partial charge in [-0.3, -0.25) is 4.79 Å². The average Bonchev–Trinajstić information content (AvgIpc) is 2.46. The van der Waals surface area contributed by atoms with Crippen LogP contribution < -0.4 is 16.0 Å². The van der Waals surface area contributed by atoms with Gasteiger partial charge in [0.1, 0.15) is 0 Å². The van der Waals surface area contributed by atoms with Crippen LogP contribution in [0.1, 0.15) is 28.8 Å². The minimum atomic E-state index is -0.0343. The SMILES string of the molecule is CNC(=O)c1ccc(NCC2CCNCC2)c(C)c1. The third-order valence-corrected chi connectivity index (χ3v) is 3.76. The van der Waals surface area contributed by atoms with E-state index in [9.17, 15) is 4.79 Å². The molecule has 1 aliphatic heterocycles. The highest BCUT2D eigenvalue weighted by molar-refractivity contribution is 5.94. The lowest BCUT2D eigenvalue weighted by molar-refractivity contribution is 0.0963. The van der Waals surface area contributed by atoms with Crippen LogP contribution in [0.25, 0.3) is 0 Å². The Labute approximate surface area is 115 Å². The summed E-state index contributed by atoms with van der Waals surface area (Å²) >= 11 is 0. The van der Waals surface area contributed by atoms with Crippen LogP contribution in [0, 0.1) is 12.8 Å². The molecule has 1 aromatic carbocycles. The van der Waals surface area contributed by atoms with Gasteiger partial charge in [0.15, 0.2) is 0 Å². The molecule has 0 aliphatic carbocycles. The lowest BCUT2D eigenvalue weighted by atomic mass is 9.98. The Morgan fingerprint density at radius 1 is 1.37 bits per heavy atom. The zero-order valence-corrected chi connectivity index (χ0v) is 11.8. The molecule has 2 rings (SSSR count). The molecule has 0 atom stereocenters. The predicted molar refractivity (Wildman–Crippen MR) is 78.7 cm³/mol. The molecule has 4 nitrogen and oxygen atoms in total. The molecule has 0 saturated carbocycles. The molecule has 0 spiro atoms. The smallest absolute Gasteiger partial charge is 0.251 e. The molecule has 1 aliphatic rings. The van der Waals surface area contributed by atoms with E-state index in [0.717, 1.165) is 36.8 Å². The Morgan fingerprint density at radius 3 is 2.74 bits per heavy atom. The van der Waals surface area contributed by atoms with E-state index in [2.05, 4.69) is 16.0 Å². The van der Waals surface area contributed by atoms with Gasteiger partial charge in [-0.15, -0.1) is 0 Å². The zero-order chi connectivity index (χ0) is 13.7. The van der Waals surface area contributed by atoms with Crippen molar-refractivity contribution in [2.24, 2.45) is 5.92 Å². The summed E-state index contributed by atoms with van der Waals surface area (Å²) in [5, 5.41) is 9.53. The molecular formula is C15H23N3O. The van der Waals surface area contributed by atoms with Gasteiger partial charge in [0.05, 0.1) is 0 Å². The number of hydrogen-bond acceptors (Lipinski definition) is 3. The third-order valence-electron chi connectivity index (χ3n) is 3.76. The van der Waals surface area contributed by atoms with Crippen LogP contribution in [-0.4, -0.2) is 32.6 Å². The van der Waals surface area contributed by atoms with Crippen molar-refractivity contribution in [3.8, 4) is 0 Å². The summed E-state index contributed by atoms with van der Waals surface area (Å²) in [7, 11) is 1.65. The fourth-order valence-corrected chi connectivity index (χ4v) is 2.49. The number of nitrogens with one attached hydrogen (secondary N) is 3. The monoisotopic (exact) mass is 261 g/mol. The number of amides is 1. The fraction of sp³-hybridized carbons (Fsp3) is 0.533. The van der Waals surface area contributed by atoms with E-state index >= 15 is 0 Å². The lowest BCUT2D eigenvalue weighted by Crippen LogP contribution is -2.31. The van der Waals surface area contributed by atoms with E-state index in [0.29, 0.717) is 5.56 Å². The van der Waals surface area contributed by atoms with Crippen molar-refractivity contribution in [1.82, 2.24) is 10.6 Å². The van der Waals surface area contributed by atoms with Crippen molar-refractivity contribution in [3.63, 3.8) is 0 Å². The minimum absolute atomic E-state index is 0.0343. The number of benzene rings is 1. The van der Waals surface area contributed by atoms with E-state index in [4.69, 9.17) is 0 Å². The summed E-state index contributed by atoms with van der Waals surface area (Å²) in [5.74, 6) is 0.715. The molecule has 4 heteroatoms. The Balaban J connectivity index is 1.95. The maximum Gasteiger partial charge on any atom is 0.251 e. The van der Waals surface area contributed by atoms with E-state index in [1.807, 2.05) is 25.1 Å². The van der Waals surface area contributed by atoms with Gasteiger partial charge in [0.2, 0.25) is 0 Å². The van der Waals surface area contributed by atoms with Crippen molar-refractivity contribution in [2.75, 3.05) is 32.0 Å². The predicted octanol–water partition coefficient (Wildman–Crippen LogP) is 1.77. The Kier molecular flexibility index (Phi) is 4.80. The van der Waals surface area contributed by atoms with Crippen molar-refractivity contribution < 1.29 is 4.79 Å². The van der Waals surface area contributed by atoms with Crippen LogP contribution in [0.2, 0.25) is 0 Å². The van der Waals surface area contributed by atoms with E-state index in [1.54, 1.807) is 7.05 Å². The van der Waals surface area contributed by atoms with Gasteiger partial charge in [-0.05, 0) is 62.5 Å². The number of rotatable bonds is 4. The molecule has 3 N–H and O–H groups in total. The maximum absolute atomic E-state index is 11.5. The molecular weight excluding hydrogens is 238 g/mol. The summed E-state index contributed by atoms with van der Waals surface area (Å²) in [6.45, 7) is 5.31. The highest BCUT2D eigenvalue weighted by Gasteiger charge is 2.13. The summed E-state index contributed by atoms with van der Waals surface area (Å²) < 4.78 is 0. The number of hydrogen-bond donors (Lipinski definition) is 3. The van der Waals surface area contributed by atoms with Crippen LogP contribution in [0.15, 0.2) is 18.2 Å². The number of aryl methyl sites for hydroxylation is 1. The highest BCUT2D eigenvalue weighted by Crippen LogP contribution is 2.19. The second-order valence-electron chi connectivity index (χ2n) is 5.18. The van der Waals surface area contributed by atoms with Crippen LogP contribution >= 0.6 is 0 Å². The molecule has 104 valence electrons. The summed E-state index contributed by atoms with van der Waals surface area (Å²) in [5.41, 5.74) is 2.97. The molecule has 1 fully saturated rings. The first-order valence-corrected chi connectivity index (χ1v) is 6.98. The van der Waals surface area contributed by atoms with Gasteiger partial charge in [-0.1, -0.05) is 0 Å². The van der Waals surface area contributed by atoms with E-state index in [-0.39, 0.29) is 5.91 Å². The summed E-state index contributed by atoms with van der Waals surface area (Å²) in [6.07, 6.45) is 2.48. The Hall–Kier alpha value is -1.55. The number of piperidine rings is 1. The minimum Gasteiger partial charge on any atom is -0.385 e. The maximum atomic E-state index is 11.5. The Bertz CT molecular complexity index is 439. The van der Waals surface area contributed by atoms with Crippen molar-refractivity contribution in [1.29, 1.82) is 0 Å². The third kappa shape index (κ3) is 3.70. The Morgan fingerprint density at radius 2 is 2.11 bits per heavy atom. The van der Waals surface area contributed by atoms with Crippen molar-refractivity contribution in [2.45, 2.75) is 19.8 Å². The van der Waals surface area contributed by atoms with E-state index in [1.165, 1.54) is 12.8 Å². The van der Waals surface area contributed by atoms with Crippen LogP contribution in [0.4, 0.5) is 5.69 Å². The topological polar surface area (TPSA) is 53.2 Å². The average molecular weight is 261 g/mol. The number of anilines is 1. The molecule has 0 aromatic heterocycles. The normalized spacial score (nSPS) is 16.1. The highest BCUT2D eigenvalue weighted by atomic mass is 16.1. The quantitative estimate of drug-likeness (QED) is 0.774. The van der Waals surface area contributed by atoms with Crippen LogP contribution in [0.5, 0.6) is 0 Å². The molecule has 0 radical (unpaired) electrons. The van der Waals surface area contributed by atoms with E-state index < -0.39 is 0 Å². The van der Waals surface area contributed by atoms with Gasteiger partial charge >= 0.3 is 0 Å². The first-order valence-electron chi connectivity index (χ1n) is 6.98. The molecule has 0 unspecified atom stereocenters. The second-order valence-corrected chi connectivity index (χ2v) is 5.18. The molecule has 0 bridgehead atoms. The van der Waals surface area contributed by atoms with Crippen LogP contribution in [0.3, 0.4) is 0 Å². The van der Waals surface area contributed by atoms with Gasteiger partial charge in [-0.25, -0.2) is 0 Å².